The molecule has 0 radical (unpaired) electrons. The molecule has 146 valence electrons. The second kappa shape index (κ2) is 10.4. The first kappa shape index (κ1) is 22.3. The summed E-state index contributed by atoms with van der Waals surface area (Å²) in [6.45, 7) is 11.1. The molecule has 6 nitrogen and oxygen atoms in total. The Bertz CT molecular complexity index is 586. The Morgan fingerprint density at radius 2 is 1.73 bits per heavy atom. The Kier molecular flexibility index (Phi) is 8.88. The van der Waals surface area contributed by atoms with Crippen molar-refractivity contribution in [2.24, 2.45) is 11.8 Å². The smallest absolute Gasteiger partial charge is 0.321 e. The Balaban J connectivity index is 0.00000338. The van der Waals surface area contributed by atoms with E-state index >= 15 is 0 Å². The fourth-order valence-electron chi connectivity index (χ4n) is 2.88. The van der Waals surface area contributed by atoms with Crippen LogP contribution in [-0.4, -0.2) is 43.0 Å². The number of carbonyl (C=O) groups excluding carboxylic acids is 2. The molecule has 26 heavy (non-hydrogen) atoms. The molecule has 3 N–H and O–H groups in total. The van der Waals surface area contributed by atoms with Crippen molar-refractivity contribution in [2.75, 3.05) is 31.5 Å². The van der Waals surface area contributed by atoms with E-state index in [9.17, 15) is 9.59 Å². The maximum Gasteiger partial charge on any atom is 0.321 e. The van der Waals surface area contributed by atoms with Crippen molar-refractivity contribution in [3.05, 3.63) is 29.8 Å². The third-order valence-corrected chi connectivity index (χ3v) is 5.01. The van der Waals surface area contributed by atoms with Crippen LogP contribution in [0, 0.1) is 11.8 Å². The van der Waals surface area contributed by atoms with Crippen LogP contribution in [0.1, 0.15) is 39.3 Å². The molecule has 1 aliphatic heterocycles. The van der Waals surface area contributed by atoms with Gasteiger partial charge in [-0.05, 0) is 57.5 Å². The summed E-state index contributed by atoms with van der Waals surface area (Å²) in [5, 5.41) is 9.17. The molecule has 1 aromatic carbocycles. The van der Waals surface area contributed by atoms with Crippen molar-refractivity contribution in [1.29, 1.82) is 0 Å². The van der Waals surface area contributed by atoms with Crippen molar-refractivity contribution in [3.63, 3.8) is 0 Å². The van der Waals surface area contributed by atoms with E-state index in [0.29, 0.717) is 19.0 Å². The topological polar surface area (TPSA) is 73.5 Å². The van der Waals surface area contributed by atoms with Gasteiger partial charge in [-0.25, -0.2) is 4.79 Å². The van der Waals surface area contributed by atoms with E-state index in [-0.39, 0.29) is 36.3 Å². The lowest BCUT2D eigenvalue weighted by Crippen LogP contribution is -2.49. The van der Waals surface area contributed by atoms with Crippen molar-refractivity contribution in [3.8, 4) is 0 Å². The van der Waals surface area contributed by atoms with Crippen molar-refractivity contribution in [2.45, 2.75) is 33.7 Å². The summed E-state index contributed by atoms with van der Waals surface area (Å²) in [4.78, 5) is 26.1. The Morgan fingerprint density at radius 1 is 1.15 bits per heavy atom. The van der Waals surface area contributed by atoms with Crippen LogP contribution >= 0.6 is 12.4 Å². The molecule has 2 atom stereocenters. The van der Waals surface area contributed by atoms with Crippen LogP contribution in [0.5, 0.6) is 0 Å². The van der Waals surface area contributed by atoms with Gasteiger partial charge >= 0.3 is 6.03 Å². The number of nitrogens with one attached hydrogen (secondary N) is 3. The maximum absolute atomic E-state index is 12.3. The fourth-order valence-corrected chi connectivity index (χ4v) is 2.88. The number of amides is 3. The minimum Gasteiger partial charge on any atom is -0.349 e. The van der Waals surface area contributed by atoms with Crippen molar-refractivity contribution < 1.29 is 9.59 Å². The van der Waals surface area contributed by atoms with E-state index in [4.69, 9.17) is 0 Å². The summed E-state index contributed by atoms with van der Waals surface area (Å²) in [5.74, 6) is 0.555. The van der Waals surface area contributed by atoms with Gasteiger partial charge in [0, 0.05) is 24.7 Å². The highest BCUT2D eigenvalue weighted by atomic mass is 35.5. The van der Waals surface area contributed by atoms with E-state index in [1.54, 1.807) is 4.90 Å². The maximum atomic E-state index is 12.3. The van der Waals surface area contributed by atoms with Gasteiger partial charge in [-0.1, -0.05) is 19.1 Å². The molecule has 7 heteroatoms. The quantitative estimate of drug-likeness (QED) is 0.678. The normalized spacial score (nSPS) is 15.8. The predicted molar refractivity (Wildman–Crippen MR) is 108 cm³/mol. The van der Waals surface area contributed by atoms with Crippen molar-refractivity contribution >= 4 is 30.0 Å². The number of hydrogen-bond donors (Lipinski definition) is 3. The summed E-state index contributed by atoms with van der Waals surface area (Å²) < 4.78 is 0. The van der Waals surface area contributed by atoms with E-state index in [0.717, 1.165) is 24.3 Å². The van der Waals surface area contributed by atoms with Gasteiger partial charge in [0.15, 0.2) is 0 Å². The minimum atomic E-state index is -0.0953. The van der Waals surface area contributed by atoms with Crippen molar-refractivity contribution in [1.82, 2.24) is 15.5 Å². The molecular formula is C19H31ClN4O2. The van der Waals surface area contributed by atoms with Crippen LogP contribution in [0.3, 0.4) is 0 Å². The molecule has 0 aromatic heterocycles. The number of hydrogen-bond acceptors (Lipinski definition) is 3. The molecule has 2 rings (SSSR count). The van der Waals surface area contributed by atoms with Gasteiger partial charge in [-0.2, -0.15) is 0 Å². The number of nitrogens with zero attached hydrogens (tertiary/aromatic N) is 1. The number of benzene rings is 1. The molecule has 3 amide bonds. The van der Waals surface area contributed by atoms with Crippen LogP contribution in [0.4, 0.5) is 10.5 Å². The van der Waals surface area contributed by atoms with E-state index < -0.39 is 0 Å². The van der Waals surface area contributed by atoms with E-state index in [1.807, 2.05) is 52.0 Å². The number of rotatable bonds is 7. The van der Waals surface area contributed by atoms with Gasteiger partial charge in [0.2, 0.25) is 5.91 Å². The summed E-state index contributed by atoms with van der Waals surface area (Å²) in [7, 11) is 0. The van der Waals surface area contributed by atoms with Crippen LogP contribution in [0.15, 0.2) is 24.3 Å². The Hall–Kier alpha value is -1.79. The zero-order chi connectivity index (χ0) is 18.4. The molecule has 0 bridgehead atoms. The zero-order valence-electron chi connectivity index (χ0n) is 16.0. The molecule has 1 heterocycles. The van der Waals surface area contributed by atoms with Crippen LogP contribution in [-0.2, 0) is 4.79 Å². The van der Waals surface area contributed by atoms with Crippen LogP contribution in [0.2, 0.25) is 0 Å². The molecule has 0 saturated carbocycles. The van der Waals surface area contributed by atoms with Gasteiger partial charge in [0.05, 0.1) is 6.04 Å². The largest absolute Gasteiger partial charge is 0.349 e. The molecular weight excluding hydrogens is 352 g/mol. The van der Waals surface area contributed by atoms with Gasteiger partial charge in [-0.15, -0.1) is 12.4 Å². The second-order valence-corrected chi connectivity index (χ2v) is 6.66. The van der Waals surface area contributed by atoms with E-state index in [2.05, 4.69) is 16.0 Å². The molecule has 1 saturated heterocycles. The fraction of sp³-hybridized carbons (Fsp3) is 0.579. The zero-order valence-corrected chi connectivity index (χ0v) is 16.9. The Morgan fingerprint density at radius 3 is 2.19 bits per heavy atom. The van der Waals surface area contributed by atoms with E-state index in [1.165, 1.54) is 0 Å². The highest BCUT2D eigenvalue weighted by Gasteiger charge is 2.29. The lowest BCUT2D eigenvalue weighted by molar-refractivity contribution is -0.127. The van der Waals surface area contributed by atoms with Gasteiger partial charge < -0.3 is 20.9 Å². The summed E-state index contributed by atoms with van der Waals surface area (Å²) in [6.07, 6.45) is 0. The van der Waals surface area contributed by atoms with Gasteiger partial charge in [-0.3, -0.25) is 4.79 Å². The third-order valence-electron chi connectivity index (χ3n) is 5.01. The third kappa shape index (κ3) is 5.61. The number of carbonyl (C=O) groups is 2. The number of halogens is 1. The Labute approximate surface area is 162 Å². The average molecular weight is 383 g/mol. The first-order chi connectivity index (χ1) is 12.0. The SMILES string of the molecule is CCN(CC)C(=O)Nc1ccc(C(C)NC(=O)C(C)C2CNC2)cc1.Cl. The average Bonchev–Trinajstić information content (AvgIpc) is 2.54. The molecule has 0 aliphatic carbocycles. The molecule has 1 aromatic rings. The number of urea groups is 1. The highest BCUT2D eigenvalue weighted by molar-refractivity contribution is 5.89. The molecule has 1 aliphatic rings. The van der Waals surface area contributed by atoms with Gasteiger partial charge in [0.1, 0.15) is 0 Å². The van der Waals surface area contributed by atoms with Gasteiger partial charge in [0.25, 0.3) is 0 Å². The lowest BCUT2D eigenvalue weighted by atomic mass is 9.88. The number of anilines is 1. The summed E-state index contributed by atoms with van der Waals surface area (Å²) >= 11 is 0. The van der Waals surface area contributed by atoms with Crippen LogP contribution in [0.25, 0.3) is 0 Å². The predicted octanol–water partition coefficient (Wildman–Crippen LogP) is 3.01. The minimum absolute atomic E-state index is 0. The summed E-state index contributed by atoms with van der Waals surface area (Å²) in [6, 6.07) is 7.48. The highest BCUT2D eigenvalue weighted by Crippen LogP contribution is 2.20. The molecule has 0 spiro atoms. The second-order valence-electron chi connectivity index (χ2n) is 6.66. The molecule has 2 unspecified atom stereocenters. The van der Waals surface area contributed by atoms with Crippen LogP contribution < -0.4 is 16.0 Å². The first-order valence-corrected chi connectivity index (χ1v) is 9.13. The molecule has 1 fully saturated rings. The first-order valence-electron chi connectivity index (χ1n) is 9.13. The monoisotopic (exact) mass is 382 g/mol. The summed E-state index contributed by atoms with van der Waals surface area (Å²) in [5.41, 5.74) is 1.78. The standard InChI is InChI=1S/C19H30N4O2.ClH/c1-5-23(6-2)19(25)22-17-9-7-15(8-10-17)14(4)21-18(24)13(3)16-11-20-12-16;/h7-10,13-14,16,20H,5-6,11-12H2,1-4H3,(H,21,24)(H,22,25);1H. The lowest BCUT2D eigenvalue weighted by Gasteiger charge is -2.32.